The first-order chi connectivity index (χ1) is 10.2. The Bertz CT molecular complexity index is 752. The molecule has 21 heavy (non-hydrogen) atoms. The molecule has 0 radical (unpaired) electrons. The Kier molecular flexibility index (Phi) is 4.13. The third-order valence-corrected chi connectivity index (χ3v) is 4.93. The van der Waals surface area contributed by atoms with E-state index in [1.165, 1.54) is 0 Å². The molecule has 0 saturated heterocycles. The van der Waals surface area contributed by atoms with Crippen molar-refractivity contribution in [2.24, 2.45) is 0 Å². The zero-order valence-corrected chi connectivity index (χ0v) is 13.8. The Hall–Kier alpha value is -1.58. The fourth-order valence-corrected chi connectivity index (χ4v) is 3.18. The van der Waals surface area contributed by atoms with Crippen LogP contribution in [0.1, 0.15) is 21.5 Å². The number of aromatic nitrogens is 2. The minimum Gasteiger partial charge on any atom is -0.241 e. The number of hydrogen-bond donors (Lipinski definition) is 0. The lowest BCUT2D eigenvalue weighted by atomic mass is 10.0. The van der Waals surface area contributed by atoms with Crippen LogP contribution in [-0.4, -0.2) is 9.78 Å². The number of para-hydroxylation sites is 1. The van der Waals surface area contributed by atoms with Crippen LogP contribution in [0.3, 0.4) is 0 Å². The lowest BCUT2D eigenvalue weighted by Crippen LogP contribution is -1.96. The average Bonchev–Trinajstić information content (AvgIpc) is 3.00. The molecule has 4 heteroatoms. The zero-order valence-electron chi connectivity index (χ0n) is 11.5. The molecule has 0 fully saturated rings. The SMILES string of the molecule is Cc1c(Cl)cccc1C(Br)c1cnn(-c2ccccc2)c1. The summed E-state index contributed by atoms with van der Waals surface area (Å²) in [5.41, 5.74) is 4.40. The molecule has 3 aromatic rings. The monoisotopic (exact) mass is 360 g/mol. The smallest absolute Gasteiger partial charge is 0.0678 e. The van der Waals surface area contributed by atoms with E-state index in [1.54, 1.807) is 0 Å². The van der Waals surface area contributed by atoms with Crippen molar-refractivity contribution in [3.8, 4) is 5.69 Å². The van der Waals surface area contributed by atoms with E-state index >= 15 is 0 Å². The quantitative estimate of drug-likeness (QED) is 0.577. The largest absolute Gasteiger partial charge is 0.241 e. The third kappa shape index (κ3) is 2.89. The zero-order chi connectivity index (χ0) is 14.8. The highest BCUT2D eigenvalue weighted by atomic mass is 79.9. The van der Waals surface area contributed by atoms with Gasteiger partial charge in [-0.05, 0) is 36.2 Å². The lowest BCUT2D eigenvalue weighted by molar-refractivity contribution is 0.880. The van der Waals surface area contributed by atoms with Gasteiger partial charge in [0.15, 0.2) is 0 Å². The molecule has 2 nitrogen and oxygen atoms in total. The molecular weight excluding hydrogens is 348 g/mol. The summed E-state index contributed by atoms with van der Waals surface area (Å²) in [5.74, 6) is 0. The molecule has 0 bridgehead atoms. The summed E-state index contributed by atoms with van der Waals surface area (Å²) in [5, 5.41) is 5.22. The maximum absolute atomic E-state index is 6.20. The van der Waals surface area contributed by atoms with Crippen molar-refractivity contribution in [3.05, 3.63) is 82.6 Å². The summed E-state index contributed by atoms with van der Waals surface area (Å²) in [4.78, 5) is 0.0775. The second-order valence-electron chi connectivity index (χ2n) is 4.87. The molecule has 3 rings (SSSR count). The molecule has 1 unspecified atom stereocenters. The van der Waals surface area contributed by atoms with E-state index < -0.39 is 0 Å². The van der Waals surface area contributed by atoms with Crippen molar-refractivity contribution in [1.82, 2.24) is 9.78 Å². The highest BCUT2D eigenvalue weighted by molar-refractivity contribution is 9.09. The predicted octanol–water partition coefficient (Wildman–Crippen LogP) is 5.32. The van der Waals surface area contributed by atoms with Crippen LogP contribution < -0.4 is 0 Å². The molecule has 0 spiro atoms. The summed E-state index contributed by atoms with van der Waals surface area (Å²) in [6.45, 7) is 2.04. The minimum absolute atomic E-state index is 0.0775. The second-order valence-corrected chi connectivity index (χ2v) is 6.19. The second kappa shape index (κ2) is 6.04. The standard InChI is InChI=1S/C17H14BrClN2/c1-12-15(8-5-9-16(12)19)17(18)13-10-20-21(11-13)14-6-3-2-4-7-14/h2-11,17H,1H3. The van der Waals surface area contributed by atoms with Crippen molar-refractivity contribution < 1.29 is 0 Å². The van der Waals surface area contributed by atoms with E-state index in [2.05, 4.69) is 27.1 Å². The maximum atomic E-state index is 6.20. The lowest BCUT2D eigenvalue weighted by Gasteiger charge is -2.12. The minimum atomic E-state index is 0.0775. The van der Waals surface area contributed by atoms with Crippen LogP contribution in [-0.2, 0) is 0 Å². The normalized spacial score (nSPS) is 12.3. The first kappa shape index (κ1) is 14.4. The number of halogens is 2. The Morgan fingerprint density at radius 3 is 2.62 bits per heavy atom. The van der Waals surface area contributed by atoms with E-state index in [-0.39, 0.29) is 4.83 Å². The molecule has 0 aliphatic rings. The van der Waals surface area contributed by atoms with Crippen molar-refractivity contribution in [2.75, 3.05) is 0 Å². The Labute approximate surface area is 137 Å². The number of alkyl halides is 1. The first-order valence-electron chi connectivity index (χ1n) is 6.66. The van der Waals surface area contributed by atoms with Crippen molar-refractivity contribution in [3.63, 3.8) is 0 Å². The highest BCUT2D eigenvalue weighted by Crippen LogP contribution is 2.35. The third-order valence-electron chi connectivity index (χ3n) is 3.50. The van der Waals surface area contributed by atoms with Crippen molar-refractivity contribution >= 4 is 27.5 Å². The van der Waals surface area contributed by atoms with Gasteiger partial charge in [-0.25, -0.2) is 4.68 Å². The molecule has 1 heterocycles. The van der Waals surface area contributed by atoms with Crippen molar-refractivity contribution in [2.45, 2.75) is 11.8 Å². The van der Waals surface area contributed by atoms with E-state index in [0.29, 0.717) is 0 Å². The first-order valence-corrected chi connectivity index (χ1v) is 7.95. The number of rotatable bonds is 3. The molecule has 0 aliphatic carbocycles. The van der Waals surface area contributed by atoms with Gasteiger partial charge in [0.05, 0.1) is 16.7 Å². The van der Waals surface area contributed by atoms with Crippen molar-refractivity contribution in [1.29, 1.82) is 0 Å². The van der Waals surface area contributed by atoms with Gasteiger partial charge >= 0.3 is 0 Å². The molecule has 0 aliphatic heterocycles. The molecule has 0 saturated carbocycles. The van der Waals surface area contributed by atoms with Gasteiger partial charge in [0.1, 0.15) is 0 Å². The summed E-state index contributed by atoms with van der Waals surface area (Å²) >= 11 is 9.96. The van der Waals surface area contributed by atoms with Gasteiger partial charge in [-0.3, -0.25) is 0 Å². The molecule has 1 atom stereocenters. The average molecular weight is 362 g/mol. The van der Waals surface area contributed by atoms with E-state index in [9.17, 15) is 0 Å². The Morgan fingerprint density at radius 2 is 1.86 bits per heavy atom. The van der Waals surface area contributed by atoms with Gasteiger partial charge in [-0.15, -0.1) is 0 Å². The number of nitrogens with zero attached hydrogens (tertiary/aromatic N) is 2. The van der Waals surface area contributed by atoms with Gasteiger partial charge in [-0.2, -0.15) is 5.10 Å². The predicted molar refractivity (Wildman–Crippen MR) is 90.5 cm³/mol. The fraction of sp³-hybridized carbons (Fsp3) is 0.118. The van der Waals surface area contributed by atoms with Gasteiger partial charge in [0.25, 0.3) is 0 Å². The van der Waals surface area contributed by atoms with Crippen LogP contribution >= 0.6 is 27.5 Å². The van der Waals surface area contributed by atoms with Crippen LogP contribution in [0.4, 0.5) is 0 Å². The molecule has 0 N–H and O–H groups in total. The molecular formula is C17H14BrClN2. The highest BCUT2D eigenvalue weighted by Gasteiger charge is 2.16. The van der Waals surface area contributed by atoms with E-state index in [1.807, 2.05) is 66.5 Å². The van der Waals surface area contributed by atoms with Gasteiger partial charge in [-0.1, -0.05) is 57.9 Å². The fourth-order valence-electron chi connectivity index (χ4n) is 2.27. The summed E-state index contributed by atoms with van der Waals surface area (Å²) in [6.07, 6.45) is 3.92. The maximum Gasteiger partial charge on any atom is 0.0678 e. The number of benzene rings is 2. The molecule has 0 amide bonds. The summed E-state index contributed by atoms with van der Waals surface area (Å²) in [6, 6.07) is 16.0. The summed E-state index contributed by atoms with van der Waals surface area (Å²) < 4.78 is 1.88. The van der Waals surface area contributed by atoms with Crippen LogP contribution in [0.15, 0.2) is 60.9 Å². The van der Waals surface area contributed by atoms with Gasteiger partial charge < -0.3 is 0 Å². The summed E-state index contributed by atoms with van der Waals surface area (Å²) in [7, 11) is 0. The molecule has 106 valence electrons. The van der Waals surface area contributed by atoms with Crippen LogP contribution in [0, 0.1) is 6.92 Å². The van der Waals surface area contributed by atoms with E-state index in [0.717, 1.165) is 27.4 Å². The van der Waals surface area contributed by atoms with Gasteiger partial charge in [0.2, 0.25) is 0 Å². The van der Waals surface area contributed by atoms with Crippen LogP contribution in [0.2, 0.25) is 5.02 Å². The van der Waals surface area contributed by atoms with Crippen LogP contribution in [0.5, 0.6) is 0 Å². The van der Waals surface area contributed by atoms with Gasteiger partial charge in [0, 0.05) is 16.8 Å². The van der Waals surface area contributed by atoms with E-state index in [4.69, 9.17) is 11.6 Å². The molecule has 1 aromatic heterocycles. The Balaban J connectivity index is 1.95. The van der Waals surface area contributed by atoms with Crippen LogP contribution in [0.25, 0.3) is 5.69 Å². The molecule has 2 aromatic carbocycles. The number of hydrogen-bond acceptors (Lipinski definition) is 1. The topological polar surface area (TPSA) is 17.8 Å². The Morgan fingerprint density at radius 1 is 1.10 bits per heavy atom.